The standard InChI is InChI=1S/C20H19N3O/c24-22-23-20(16-10-5-2-6-11-16)18-13-7-12-17(19(18)21-23)14-15-8-3-1-4-9-15/h1-6,8-11,14,18,20H,7,12-13H2/b17-14+/t18-,20+/m0/s1. The predicted molar refractivity (Wildman–Crippen MR) is 96.0 cm³/mol. The van der Waals surface area contributed by atoms with Crippen molar-refractivity contribution in [2.45, 2.75) is 25.3 Å². The van der Waals surface area contributed by atoms with Crippen LogP contribution in [-0.2, 0) is 0 Å². The van der Waals surface area contributed by atoms with E-state index in [9.17, 15) is 4.91 Å². The van der Waals surface area contributed by atoms with Crippen LogP contribution in [0.3, 0.4) is 0 Å². The Hall–Kier alpha value is -2.75. The van der Waals surface area contributed by atoms with Gasteiger partial charge in [-0.2, -0.15) is 5.10 Å². The number of hydrogen-bond donors (Lipinski definition) is 0. The molecular formula is C20H19N3O. The SMILES string of the molecule is O=NN1N=C2/C(=C/c3ccccc3)CCC[C@@H]2[C@H]1c1ccccc1. The third-order valence-corrected chi connectivity index (χ3v) is 4.85. The predicted octanol–water partition coefficient (Wildman–Crippen LogP) is 4.96. The first-order valence-electron chi connectivity index (χ1n) is 8.39. The van der Waals surface area contributed by atoms with Crippen molar-refractivity contribution in [2.24, 2.45) is 16.3 Å². The van der Waals surface area contributed by atoms with Crippen LogP contribution in [0.1, 0.15) is 36.4 Å². The zero-order valence-corrected chi connectivity index (χ0v) is 13.4. The molecule has 0 radical (unpaired) electrons. The fourth-order valence-corrected chi connectivity index (χ4v) is 3.78. The van der Waals surface area contributed by atoms with E-state index >= 15 is 0 Å². The lowest BCUT2D eigenvalue weighted by Gasteiger charge is -2.27. The maximum atomic E-state index is 11.3. The molecule has 24 heavy (non-hydrogen) atoms. The van der Waals surface area contributed by atoms with Gasteiger partial charge in [0.2, 0.25) is 0 Å². The second-order valence-electron chi connectivity index (χ2n) is 6.32. The van der Waals surface area contributed by atoms with Gasteiger partial charge in [0.1, 0.15) is 6.04 Å². The third-order valence-electron chi connectivity index (χ3n) is 4.85. The molecular weight excluding hydrogens is 298 g/mol. The van der Waals surface area contributed by atoms with E-state index in [4.69, 9.17) is 0 Å². The van der Waals surface area contributed by atoms with E-state index in [0.29, 0.717) is 0 Å². The number of nitrogens with zero attached hydrogens (tertiary/aromatic N) is 3. The summed E-state index contributed by atoms with van der Waals surface area (Å²) in [6, 6.07) is 20.3. The average Bonchev–Trinajstić information content (AvgIpc) is 3.03. The van der Waals surface area contributed by atoms with Gasteiger partial charge in [-0.3, -0.25) is 0 Å². The van der Waals surface area contributed by atoms with Crippen LogP contribution in [0.4, 0.5) is 0 Å². The summed E-state index contributed by atoms with van der Waals surface area (Å²) in [5, 5.41) is 9.11. The first kappa shape index (κ1) is 14.8. The van der Waals surface area contributed by atoms with E-state index in [1.807, 2.05) is 36.4 Å². The van der Waals surface area contributed by atoms with Crippen molar-refractivity contribution in [3.8, 4) is 0 Å². The summed E-state index contributed by atoms with van der Waals surface area (Å²) in [5.41, 5.74) is 4.52. The second-order valence-corrected chi connectivity index (χ2v) is 6.32. The minimum atomic E-state index is -0.0850. The zero-order valence-electron chi connectivity index (χ0n) is 13.4. The summed E-state index contributed by atoms with van der Waals surface area (Å²) in [4.78, 5) is 11.3. The molecule has 2 aromatic rings. The third kappa shape index (κ3) is 2.64. The lowest BCUT2D eigenvalue weighted by atomic mass is 9.78. The van der Waals surface area contributed by atoms with Crippen molar-refractivity contribution < 1.29 is 0 Å². The highest BCUT2D eigenvalue weighted by atomic mass is 16.3. The quantitative estimate of drug-likeness (QED) is 0.751. The maximum Gasteiger partial charge on any atom is 0.108 e. The van der Waals surface area contributed by atoms with Crippen molar-refractivity contribution in [2.75, 3.05) is 0 Å². The Balaban J connectivity index is 1.71. The number of hydrazone groups is 1. The molecule has 1 fully saturated rings. The summed E-state index contributed by atoms with van der Waals surface area (Å²) in [7, 11) is 0. The van der Waals surface area contributed by atoms with E-state index in [-0.39, 0.29) is 12.0 Å². The minimum Gasteiger partial charge on any atom is -0.156 e. The lowest BCUT2D eigenvalue weighted by molar-refractivity contribution is 0.202. The first-order chi connectivity index (χ1) is 11.9. The fraction of sp³-hybridized carbons (Fsp3) is 0.250. The molecule has 4 nitrogen and oxygen atoms in total. The Bertz CT molecular complexity index is 783. The molecule has 0 bridgehead atoms. The molecule has 0 saturated heterocycles. The van der Waals surface area contributed by atoms with Crippen molar-refractivity contribution in [3.05, 3.63) is 82.3 Å². The van der Waals surface area contributed by atoms with E-state index < -0.39 is 0 Å². The lowest BCUT2D eigenvalue weighted by Crippen LogP contribution is -2.26. The molecule has 4 heteroatoms. The van der Waals surface area contributed by atoms with Crippen LogP contribution in [0.15, 0.2) is 76.6 Å². The van der Waals surface area contributed by atoms with Gasteiger partial charge < -0.3 is 0 Å². The molecule has 1 saturated carbocycles. The van der Waals surface area contributed by atoms with Crippen LogP contribution < -0.4 is 0 Å². The molecule has 0 amide bonds. The molecule has 120 valence electrons. The summed E-state index contributed by atoms with van der Waals surface area (Å²) in [6.07, 6.45) is 5.34. The van der Waals surface area contributed by atoms with Crippen LogP contribution in [0.25, 0.3) is 6.08 Å². The molecule has 4 rings (SSSR count). The average molecular weight is 317 g/mol. The number of nitroso groups, excluding NO2 is 1. The zero-order chi connectivity index (χ0) is 16.4. The number of fused-ring (bicyclic) bond motifs is 1. The fourth-order valence-electron chi connectivity index (χ4n) is 3.78. The molecule has 1 aliphatic carbocycles. The van der Waals surface area contributed by atoms with Crippen LogP contribution in [0.2, 0.25) is 0 Å². The van der Waals surface area contributed by atoms with E-state index in [0.717, 1.165) is 30.5 Å². The number of benzene rings is 2. The topological polar surface area (TPSA) is 45.0 Å². The van der Waals surface area contributed by atoms with Gasteiger partial charge in [0.15, 0.2) is 0 Å². The van der Waals surface area contributed by atoms with Crippen molar-refractivity contribution in [3.63, 3.8) is 0 Å². The molecule has 0 aromatic heterocycles. The molecule has 1 heterocycles. The van der Waals surface area contributed by atoms with Gasteiger partial charge in [-0.25, -0.2) is 0 Å². The Kier molecular flexibility index (Phi) is 3.95. The highest BCUT2D eigenvalue weighted by molar-refractivity contribution is 6.07. The summed E-state index contributed by atoms with van der Waals surface area (Å²) < 4.78 is 0. The van der Waals surface area contributed by atoms with Crippen molar-refractivity contribution in [1.29, 1.82) is 0 Å². The normalized spacial score (nSPS) is 24.6. The minimum absolute atomic E-state index is 0.0850. The number of rotatable bonds is 3. The smallest absolute Gasteiger partial charge is 0.108 e. The van der Waals surface area contributed by atoms with Gasteiger partial charge in [0, 0.05) is 5.92 Å². The van der Waals surface area contributed by atoms with Gasteiger partial charge in [-0.15, -0.1) is 10.0 Å². The molecule has 0 unspecified atom stereocenters. The largest absolute Gasteiger partial charge is 0.156 e. The first-order valence-corrected chi connectivity index (χ1v) is 8.39. The summed E-state index contributed by atoms with van der Waals surface area (Å²) in [5.74, 6) is 0.230. The van der Waals surface area contributed by atoms with Gasteiger partial charge >= 0.3 is 0 Å². The van der Waals surface area contributed by atoms with Crippen LogP contribution in [0, 0.1) is 10.8 Å². The number of hydrogen-bond acceptors (Lipinski definition) is 3. The van der Waals surface area contributed by atoms with Gasteiger partial charge in [0.25, 0.3) is 0 Å². The Morgan fingerprint density at radius 3 is 2.46 bits per heavy atom. The highest BCUT2D eigenvalue weighted by Crippen LogP contribution is 2.44. The maximum absolute atomic E-state index is 11.3. The highest BCUT2D eigenvalue weighted by Gasteiger charge is 2.42. The summed E-state index contributed by atoms with van der Waals surface area (Å²) in [6.45, 7) is 0. The molecule has 2 aliphatic rings. The van der Waals surface area contributed by atoms with Gasteiger partial charge in [-0.05, 0) is 42.0 Å². The molecule has 2 aromatic carbocycles. The Morgan fingerprint density at radius 1 is 1.04 bits per heavy atom. The van der Waals surface area contributed by atoms with E-state index in [2.05, 4.69) is 40.7 Å². The van der Waals surface area contributed by atoms with Gasteiger partial charge in [0.05, 0.1) is 11.0 Å². The van der Waals surface area contributed by atoms with Crippen molar-refractivity contribution in [1.82, 2.24) is 5.12 Å². The molecule has 2 atom stereocenters. The van der Waals surface area contributed by atoms with Crippen LogP contribution in [-0.4, -0.2) is 10.8 Å². The van der Waals surface area contributed by atoms with Crippen molar-refractivity contribution >= 4 is 11.8 Å². The van der Waals surface area contributed by atoms with Crippen LogP contribution >= 0.6 is 0 Å². The Labute approximate surface area is 141 Å². The molecule has 0 N–H and O–H groups in total. The summed E-state index contributed by atoms with van der Waals surface area (Å²) >= 11 is 0. The Morgan fingerprint density at radius 2 is 1.75 bits per heavy atom. The van der Waals surface area contributed by atoms with Gasteiger partial charge in [-0.1, -0.05) is 60.7 Å². The van der Waals surface area contributed by atoms with Crippen LogP contribution in [0.5, 0.6) is 0 Å². The monoisotopic (exact) mass is 317 g/mol. The van der Waals surface area contributed by atoms with E-state index in [1.54, 1.807) is 0 Å². The molecule has 0 spiro atoms. The molecule has 1 aliphatic heterocycles. The van der Waals surface area contributed by atoms with E-state index in [1.165, 1.54) is 16.3 Å². The second kappa shape index (κ2) is 6.40. The number of allylic oxidation sites excluding steroid dienone is 1.